The van der Waals surface area contributed by atoms with E-state index in [0.29, 0.717) is 29.4 Å². The van der Waals surface area contributed by atoms with E-state index in [-0.39, 0.29) is 9.83 Å². The summed E-state index contributed by atoms with van der Waals surface area (Å²) in [6.45, 7) is 0.710. The number of likely N-dealkylation sites (N-methyl/N-ethyl adjacent to an activating group) is 1. The van der Waals surface area contributed by atoms with Crippen molar-refractivity contribution in [3.05, 3.63) is 64.6 Å². The Morgan fingerprint density at radius 3 is 2.79 bits per heavy atom. The lowest BCUT2D eigenvalue weighted by atomic mass is 9.96. The second kappa shape index (κ2) is 8.65. The van der Waals surface area contributed by atoms with Gasteiger partial charge in [0, 0.05) is 36.2 Å². The molecule has 1 aliphatic heterocycles. The van der Waals surface area contributed by atoms with E-state index >= 15 is 0 Å². The molecule has 0 atom stereocenters. The van der Waals surface area contributed by atoms with Crippen LogP contribution in [0.3, 0.4) is 0 Å². The number of nitrogens with one attached hydrogen (secondary N) is 1. The number of aromatic nitrogens is 2. The van der Waals surface area contributed by atoms with E-state index in [1.807, 2.05) is 19.2 Å². The Hall–Kier alpha value is -3.57. The second-order valence-electron chi connectivity index (χ2n) is 7.89. The summed E-state index contributed by atoms with van der Waals surface area (Å²) in [5.41, 5.74) is 2.23. The lowest BCUT2D eigenvalue weighted by Gasteiger charge is -2.26. The number of thiazole rings is 1. The Bertz CT molecular complexity index is 1470. The average Bonchev–Trinajstić information content (AvgIpc) is 3.21. The lowest BCUT2D eigenvalue weighted by Crippen LogP contribution is -2.30. The summed E-state index contributed by atoms with van der Waals surface area (Å²) in [4.78, 5) is 36.0. The molecule has 1 amide bonds. The Morgan fingerprint density at radius 2 is 1.97 bits per heavy atom. The van der Waals surface area contributed by atoms with Crippen LogP contribution in [0.4, 0.5) is 18.3 Å². The maximum Gasteiger partial charge on any atom is 0.339 e. The largest absolute Gasteiger partial charge is 0.452 e. The van der Waals surface area contributed by atoms with Gasteiger partial charge in [-0.1, -0.05) is 29.5 Å². The number of para-hydroxylation sites is 1. The fraction of sp³-hybridized carbons (Fsp3) is 0.217. The van der Waals surface area contributed by atoms with Gasteiger partial charge in [-0.2, -0.15) is 0 Å². The number of hydrogen-bond donors (Lipinski definition) is 1. The number of fused-ring (bicyclic) bond motifs is 3. The molecule has 174 valence electrons. The number of halogens is 3. The maximum atomic E-state index is 13.9. The summed E-state index contributed by atoms with van der Waals surface area (Å²) >= 11 is 0.770. The predicted molar refractivity (Wildman–Crippen MR) is 120 cm³/mol. The summed E-state index contributed by atoms with van der Waals surface area (Å²) in [6, 6.07) is 8.02. The number of benzene rings is 2. The fourth-order valence-electron chi connectivity index (χ4n) is 3.94. The standard InChI is InChI=1S/C23H17F3N4O3S/c1-30-7-6-15-12(9-30)18(11-4-2-3-5-14(11)27-15)22(32)33-10-17(31)28-23-29-21-16(34-23)8-13(24)19(25)20(21)26/h2-5,8H,6-7,9-10H2,1H3,(H,28,29,31). The van der Waals surface area contributed by atoms with Crippen LogP contribution >= 0.6 is 11.3 Å². The van der Waals surface area contributed by atoms with Crippen molar-refractivity contribution >= 4 is 49.5 Å². The van der Waals surface area contributed by atoms with E-state index < -0.39 is 41.5 Å². The molecule has 1 N–H and O–H groups in total. The molecule has 0 aliphatic carbocycles. The molecule has 3 heterocycles. The quantitative estimate of drug-likeness (QED) is 0.346. The van der Waals surface area contributed by atoms with Crippen molar-refractivity contribution in [1.82, 2.24) is 14.9 Å². The minimum absolute atomic E-state index is 0.0303. The van der Waals surface area contributed by atoms with E-state index in [0.717, 1.165) is 35.2 Å². The van der Waals surface area contributed by atoms with Crippen molar-refractivity contribution in [1.29, 1.82) is 0 Å². The van der Waals surface area contributed by atoms with Gasteiger partial charge in [-0.3, -0.25) is 15.1 Å². The number of esters is 1. The van der Waals surface area contributed by atoms with Crippen LogP contribution in [0.15, 0.2) is 30.3 Å². The van der Waals surface area contributed by atoms with Crippen LogP contribution < -0.4 is 5.32 Å². The maximum absolute atomic E-state index is 13.9. The van der Waals surface area contributed by atoms with Gasteiger partial charge in [0.2, 0.25) is 0 Å². The van der Waals surface area contributed by atoms with Crippen LogP contribution in [0.5, 0.6) is 0 Å². The molecular weight excluding hydrogens is 469 g/mol. The molecule has 0 fully saturated rings. The Balaban J connectivity index is 1.36. The van der Waals surface area contributed by atoms with E-state index in [2.05, 4.69) is 20.2 Å². The van der Waals surface area contributed by atoms with E-state index in [4.69, 9.17) is 4.74 Å². The number of nitrogens with zero attached hydrogens (tertiary/aromatic N) is 3. The number of carbonyl (C=O) groups excluding carboxylic acids is 2. The van der Waals surface area contributed by atoms with Crippen LogP contribution in [0, 0.1) is 17.5 Å². The Labute approximate surface area is 195 Å². The number of pyridine rings is 1. The second-order valence-corrected chi connectivity index (χ2v) is 8.92. The van der Waals surface area contributed by atoms with E-state index in [1.54, 1.807) is 12.1 Å². The smallest absolute Gasteiger partial charge is 0.339 e. The zero-order valence-electron chi connectivity index (χ0n) is 17.8. The van der Waals surface area contributed by atoms with Gasteiger partial charge in [-0.25, -0.2) is 22.9 Å². The highest BCUT2D eigenvalue weighted by Crippen LogP contribution is 2.31. The number of anilines is 1. The molecule has 2 aromatic carbocycles. The van der Waals surface area contributed by atoms with Crippen molar-refractivity contribution in [3.8, 4) is 0 Å². The monoisotopic (exact) mass is 486 g/mol. The van der Waals surface area contributed by atoms with Crippen molar-refractivity contribution in [2.24, 2.45) is 0 Å². The van der Waals surface area contributed by atoms with Gasteiger partial charge >= 0.3 is 5.97 Å². The predicted octanol–water partition coefficient (Wildman–Crippen LogP) is 4.05. The minimum atomic E-state index is -1.64. The van der Waals surface area contributed by atoms with Gasteiger partial charge < -0.3 is 9.64 Å². The summed E-state index contributed by atoms with van der Waals surface area (Å²) in [6.07, 6.45) is 0.687. The highest BCUT2D eigenvalue weighted by atomic mass is 32.1. The first-order valence-electron chi connectivity index (χ1n) is 10.3. The number of hydrogen-bond acceptors (Lipinski definition) is 7. The molecule has 0 spiro atoms. The minimum Gasteiger partial charge on any atom is -0.452 e. The summed E-state index contributed by atoms with van der Waals surface area (Å²) in [5.74, 6) is -5.81. The fourth-order valence-corrected chi connectivity index (χ4v) is 4.85. The van der Waals surface area contributed by atoms with Crippen LogP contribution in [0.1, 0.15) is 21.6 Å². The van der Waals surface area contributed by atoms with E-state index in [9.17, 15) is 22.8 Å². The van der Waals surface area contributed by atoms with Crippen LogP contribution in [0.25, 0.3) is 21.1 Å². The molecule has 0 saturated heterocycles. The zero-order valence-corrected chi connectivity index (χ0v) is 18.6. The molecule has 1 aliphatic rings. The van der Waals surface area contributed by atoms with Crippen molar-refractivity contribution in [2.75, 3.05) is 25.5 Å². The van der Waals surface area contributed by atoms with Gasteiger partial charge in [0.25, 0.3) is 5.91 Å². The van der Waals surface area contributed by atoms with Gasteiger partial charge in [-0.05, 0) is 19.2 Å². The van der Waals surface area contributed by atoms with Crippen molar-refractivity contribution < 1.29 is 27.5 Å². The Morgan fingerprint density at radius 1 is 1.18 bits per heavy atom. The molecule has 0 unspecified atom stereocenters. The molecule has 11 heteroatoms. The zero-order chi connectivity index (χ0) is 24.0. The van der Waals surface area contributed by atoms with Crippen LogP contribution in [-0.2, 0) is 22.5 Å². The molecule has 5 rings (SSSR count). The molecule has 34 heavy (non-hydrogen) atoms. The molecule has 0 saturated carbocycles. The number of ether oxygens (including phenoxy) is 1. The van der Waals surface area contributed by atoms with E-state index in [1.165, 1.54) is 0 Å². The molecular formula is C23H17F3N4O3S. The van der Waals surface area contributed by atoms with Crippen molar-refractivity contribution in [2.45, 2.75) is 13.0 Å². The summed E-state index contributed by atoms with van der Waals surface area (Å²) < 4.78 is 46.0. The first-order chi connectivity index (χ1) is 16.3. The molecule has 0 bridgehead atoms. The highest BCUT2D eigenvalue weighted by Gasteiger charge is 2.26. The normalized spacial score (nSPS) is 13.8. The number of carbonyl (C=O) groups is 2. The highest BCUT2D eigenvalue weighted by molar-refractivity contribution is 7.22. The number of amides is 1. The van der Waals surface area contributed by atoms with Crippen LogP contribution in [-0.4, -0.2) is 46.9 Å². The first kappa shape index (κ1) is 22.2. The lowest BCUT2D eigenvalue weighted by molar-refractivity contribution is -0.119. The molecule has 2 aromatic heterocycles. The van der Waals surface area contributed by atoms with Gasteiger partial charge in [0.05, 0.1) is 15.8 Å². The first-order valence-corrected chi connectivity index (χ1v) is 11.1. The third-order valence-corrected chi connectivity index (χ3v) is 6.46. The van der Waals surface area contributed by atoms with Gasteiger partial charge in [0.15, 0.2) is 29.2 Å². The van der Waals surface area contributed by atoms with Gasteiger partial charge in [0.1, 0.15) is 5.52 Å². The SMILES string of the molecule is CN1CCc2nc3ccccc3c(C(=O)OCC(=O)Nc3nc4c(F)c(F)c(F)cc4s3)c2C1. The third-order valence-electron chi connectivity index (χ3n) is 5.54. The average molecular weight is 486 g/mol. The van der Waals surface area contributed by atoms with Gasteiger partial charge in [-0.15, -0.1) is 0 Å². The molecule has 4 aromatic rings. The molecule has 7 nitrogen and oxygen atoms in total. The third kappa shape index (κ3) is 3.97. The summed E-state index contributed by atoms with van der Waals surface area (Å²) in [7, 11) is 1.94. The number of rotatable bonds is 4. The summed E-state index contributed by atoms with van der Waals surface area (Å²) in [5, 5.41) is 2.93. The van der Waals surface area contributed by atoms with Crippen molar-refractivity contribution in [3.63, 3.8) is 0 Å². The topological polar surface area (TPSA) is 84.4 Å². The molecule has 0 radical (unpaired) electrons. The van der Waals surface area contributed by atoms with Crippen LogP contribution in [0.2, 0.25) is 0 Å². The Kier molecular flexibility index (Phi) is 5.66.